The van der Waals surface area contributed by atoms with Gasteiger partial charge in [-0.05, 0) is 43.9 Å². The molecule has 9 heteroatoms. The maximum Gasteiger partial charge on any atom is 0.414 e. The summed E-state index contributed by atoms with van der Waals surface area (Å²) >= 11 is 11.9. The Morgan fingerprint density at radius 3 is 2.41 bits per heavy atom. The molecule has 0 aromatic heterocycles. The number of carbonyl (C=O) groups is 2. The van der Waals surface area contributed by atoms with Crippen molar-refractivity contribution in [2.45, 2.75) is 32.3 Å². The van der Waals surface area contributed by atoms with Crippen LogP contribution in [-0.4, -0.2) is 64.5 Å². The van der Waals surface area contributed by atoms with Gasteiger partial charge in [0.25, 0.3) is 0 Å². The van der Waals surface area contributed by atoms with E-state index in [2.05, 4.69) is 11.8 Å². The molecule has 1 saturated carbocycles. The molecule has 7 nitrogen and oxygen atoms in total. The predicted molar refractivity (Wildman–Crippen MR) is 103 cm³/mol. The number of nitrogens with zero attached hydrogens (tertiary/aromatic N) is 1. The zero-order chi connectivity index (χ0) is 20.4. The maximum absolute atomic E-state index is 10.2. The molecular weight excluding hydrogens is 397 g/mol. The van der Waals surface area contributed by atoms with E-state index in [-0.39, 0.29) is 6.61 Å². The monoisotopic (exact) mass is 421 g/mol. The number of halogens is 2. The van der Waals surface area contributed by atoms with Gasteiger partial charge in [0.2, 0.25) is 0 Å². The van der Waals surface area contributed by atoms with Gasteiger partial charge in [0.1, 0.15) is 18.5 Å². The van der Waals surface area contributed by atoms with Gasteiger partial charge in [-0.3, -0.25) is 0 Å². The zero-order valence-electron chi connectivity index (χ0n) is 15.1. The summed E-state index contributed by atoms with van der Waals surface area (Å²) in [6, 6.07) is 5.08. The fraction of sp³-hybridized carbons (Fsp3) is 0.556. The molecule has 1 atom stereocenters. The lowest BCUT2D eigenvalue weighted by Gasteiger charge is -2.24. The van der Waals surface area contributed by atoms with Gasteiger partial charge in [-0.25, -0.2) is 9.59 Å². The van der Waals surface area contributed by atoms with E-state index in [9.17, 15) is 5.11 Å². The number of aliphatic hydroxyl groups excluding tert-OH is 1. The number of aliphatic hydroxyl groups is 1. The van der Waals surface area contributed by atoms with Crippen LogP contribution in [0.3, 0.4) is 0 Å². The topological polar surface area (TPSA) is 107 Å². The van der Waals surface area contributed by atoms with Crippen molar-refractivity contribution in [1.29, 1.82) is 0 Å². The Kier molecular flexibility index (Phi) is 10.5. The Hall–Kier alpha value is -1.54. The van der Waals surface area contributed by atoms with Crippen LogP contribution >= 0.6 is 23.2 Å². The summed E-state index contributed by atoms with van der Waals surface area (Å²) in [7, 11) is 0. The molecule has 0 bridgehead atoms. The van der Waals surface area contributed by atoms with Crippen LogP contribution in [0, 0.1) is 5.92 Å². The van der Waals surface area contributed by atoms with E-state index in [1.54, 1.807) is 18.2 Å². The van der Waals surface area contributed by atoms with Crippen molar-refractivity contribution in [3.8, 4) is 5.75 Å². The minimum Gasteiger partial charge on any atom is -0.489 e. The first kappa shape index (κ1) is 23.5. The Labute approximate surface area is 168 Å². The molecule has 3 N–H and O–H groups in total. The summed E-state index contributed by atoms with van der Waals surface area (Å²) in [4.78, 5) is 20.5. The van der Waals surface area contributed by atoms with Gasteiger partial charge in [-0.1, -0.05) is 30.1 Å². The molecule has 1 aromatic rings. The number of aliphatic carboxylic acids is 2. The van der Waals surface area contributed by atoms with Crippen LogP contribution in [0.5, 0.6) is 5.75 Å². The number of carboxylic acids is 2. The normalized spacial score (nSPS) is 14.3. The van der Waals surface area contributed by atoms with Crippen molar-refractivity contribution >= 4 is 35.1 Å². The molecular formula is C18H25Cl2NO6. The van der Waals surface area contributed by atoms with E-state index in [1.165, 1.54) is 12.8 Å². The molecule has 2 rings (SSSR count). The van der Waals surface area contributed by atoms with E-state index >= 15 is 0 Å². The van der Waals surface area contributed by atoms with Crippen LogP contribution in [0.4, 0.5) is 0 Å². The van der Waals surface area contributed by atoms with Crippen LogP contribution in [0.2, 0.25) is 10.0 Å². The van der Waals surface area contributed by atoms with Gasteiger partial charge in [0, 0.05) is 24.2 Å². The molecule has 1 aliphatic carbocycles. The van der Waals surface area contributed by atoms with Gasteiger partial charge in [-0.15, -0.1) is 0 Å². The van der Waals surface area contributed by atoms with Crippen molar-refractivity contribution in [2.75, 3.05) is 26.2 Å². The largest absolute Gasteiger partial charge is 0.489 e. The SMILES string of the molecule is CCCN(CC(O)COc1cc(Cl)ccc1Cl)CC1CC1.O=C(O)C(=O)O. The van der Waals surface area contributed by atoms with Crippen molar-refractivity contribution in [3.05, 3.63) is 28.2 Å². The van der Waals surface area contributed by atoms with E-state index in [1.807, 2.05) is 0 Å². The molecule has 0 saturated heterocycles. The lowest BCUT2D eigenvalue weighted by molar-refractivity contribution is -0.159. The van der Waals surface area contributed by atoms with Gasteiger partial charge < -0.3 is 25.0 Å². The molecule has 1 fully saturated rings. The summed E-state index contributed by atoms with van der Waals surface area (Å²) in [5.41, 5.74) is 0. The number of hydrogen-bond acceptors (Lipinski definition) is 5. The van der Waals surface area contributed by atoms with Crippen molar-refractivity contribution in [2.24, 2.45) is 5.92 Å². The fourth-order valence-electron chi connectivity index (χ4n) is 2.36. The molecule has 1 aromatic carbocycles. The van der Waals surface area contributed by atoms with Crippen molar-refractivity contribution in [3.63, 3.8) is 0 Å². The van der Waals surface area contributed by atoms with Crippen molar-refractivity contribution < 1.29 is 29.6 Å². The lowest BCUT2D eigenvalue weighted by atomic mass is 10.2. The molecule has 0 radical (unpaired) electrons. The second-order valence-electron chi connectivity index (χ2n) is 6.35. The molecule has 0 aliphatic heterocycles. The Balaban J connectivity index is 0.000000527. The standard InChI is InChI=1S/C16H23Cl2NO2.C2H2O4/c1-2-7-19(9-12-3-4-12)10-14(20)11-21-16-8-13(17)5-6-15(16)18;3-1(4)2(5)6/h5-6,8,12,14,20H,2-4,7,9-11H2,1H3;(H,3,4)(H,5,6). The molecule has 1 unspecified atom stereocenters. The quantitative estimate of drug-likeness (QED) is 0.525. The molecule has 1 aliphatic rings. The van der Waals surface area contributed by atoms with Crippen LogP contribution in [0.25, 0.3) is 0 Å². The Morgan fingerprint density at radius 1 is 1.26 bits per heavy atom. The molecule has 152 valence electrons. The fourth-order valence-corrected chi connectivity index (χ4v) is 2.70. The van der Waals surface area contributed by atoms with Crippen LogP contribution in [-0.2, 0) is 9.59 Å². The molecule has 0 amide bonds. The van der Waals surface area contributed by atoms with Crippen molar-refractivity contribution in [1.82, 2.24) is 4.90 Å². The van der Waals surface area contributed by atoms with E-state index < -0.39 is 18.0 Å². The third kappa shape index (κ3) is 10.4. The first-order valence-electron chi connectivity index (χ1n) is 8.67. The van der Waals surface area contributed by atoms with Crippen LogP contribution in [0.1, 0.15) is 26.2 Å². The van der Waals surface area contributed by atoms with Gasteiger partial charge in [0.15, 0.2) is 0 Å². The Morgan fingerprint density at radius 2 is 1.89 bits per heavy atom. The molecule has 27 heavy (non-hydrogen) atoms. The lowest BCUT2D eigenvalue weighted by Crippen LogP contribution is -2.37. The number of hydrogen-bond donors (Lipinski definition) is 3. The van der Waals surface area contributed by atoms with E-state index in [4.69, 9.17) is 47.7 Å². The van der Waals surface area contributed by atoms with Gasteiger partial charge in [0.05, 0.1) is 5.02 Å². The van der Waals surface area contributed by atoms with Crippen LogP contribution < -0.4 is 4.74 Å². The second kappa shape index (κ2) is 12.0. The highest BCUT2D eigenvalue weighted by Crippen LogP contribution is 2.30. The first-order chi connectivity index (χ1) is 12.7. The highest BCUT2D eigenvalue weighted by atomic mass is 35.5. The predicted octanol–water partition coefficient (Wildman–Crippen LogP) is 3.01. The average Bonchev–Trinajstić information content (AvgIpc) is 3.40. The summed E-state index contributed by atoms with van der Waals surface area (Å²) < 4.78 is 5.59. The molecule has 0 heterocycles. The third-order valence-electron chi connectivity index (χ3n) is 3.73. The number of benzene rings is 1. The first-order valence-corrected chi connectivity index (χ1v) is 9.43. The summed E-state index contributed by atoms with van der Waals surface area (Å²) in [6.45, 7) is 5.14. The molecule has 0 spiro atoms. The zero-order valence-corrected chi connectivity index (χ0v) is 16.6. The number of ether oxygens (including phenoxy) is 1. The highest BCUT2D eigenvalue weighted by molar-refractivity contribution is 6.34. The van der Waals surface area contributed by atoms with Crippen LogP contribution in [0.15, 0.2) is 18.2 Å². The smallest absolute Gasteiger partial charge is 0.414 e. The van der Waals surface area contributed by atoms with Gasteiger partial charge >= 0.3 is 11.9 Å². The average molecular weight is 422 g/mol. The third-order valence-corrected chi connectivity index (χ3v) is 4.28. The second-order valence-corrected chi connectivity index (χ2v) is 7.20. The number of rotatable bonds is 9. The number of carboxylic acid groups (broad SMARTS) is 2. The maximum atomic E-state index is 10.2. The summed E-state index contributed by atoms with van der Waals surface area (Å²) in [5.74, 6) is -2.30. The summed E-state index contributed by atoms with van der Waals surface area (Å²) in [5, 5.41) is 26.0. The minimum atomic E-state index is -1.82. The van der Waals surface area contributed by atoms with Gasteiger partial charge in [-0.2, -0.15) is 0 Å². The Bertz CT molecular complexity index is 612. The minimum absolute atomic E-state index is 0.227. The van der Waals surface area contributed by atoms with E-state index in [0.29, 0.717) is 22.3 Å². The summed E-state index contributed by atoms with van der Waals surface area (Å²) in [6.07, 6.45) is 3.22. The highest BCUT2D eigenvalue weighted by Gasteiger charge is 2.25. The van der Waals surface area contributed by atoms with E-state index in [0.717, 1.165) is 25.4 Å².